The van der Waals surface area contributed by atoms with Gasteiger partial charge in [-0.2, -0.15) is 0 Å². The summed E-state index contributed by atoms with van der Waals surface area (Å²) in [6.07, 6.45) is 1.36. The van der Waals surface area contributed by atoms with Crippen LogP contribution in [0.1, 0.15) is 15.9 Å². The number of benzene rings is 3. The van der Waals surface area contributed by atoms with Gasteiger partial charge in [0.15, 0.2) is 0 Å². The van der Waals surface area contributed by atoms with Gasteiger partial charge in [0.05, 0.1) is 4.92 Å². The summed E-state index contributed by atoms with van der Waals surface area (Å²) in [4.78, 5) is 36.1. The van der Waals surface area contributed by atoms with Crippen LogP contribution in [0.15, 0.2) is 83.0 Å². The van der Waals surface area contributed by atoms with Gasteiger partial charge in [-0.05, 0) is 54.1 Å². The minimum absolute atomic E-state index is 0.0895. The van der Waals surface area contributed by atoms with E-state index < -0.39 is 16.7 Å². The van der Waals surface area contributed by atoms with E-state index in [4.69, 9.17) is 11.6 Å². The number of non-ortho nitro benzene ring substituents is 1. The number of nitrogens with zero attached hydrogens (tertiary/aromatic N) is 1. The molecule has 0 bridgehead atoms. The van der Waals surface area contributed by atoms with Crippen LogP contribution in [0.4, 0.5) is 11.4 Å². The molecule has 0 spiro atoms. The molecule has 2 N–H and O–H groups in total. The minimum atomic E-state index is -0.593. The Morgan fingerprint density at radius 1 is 1.00 bits per heavy atom. The van der Waals surface area contributed by atoms with Crippen molar-refractivity contribution in [1.29, 1.82) is 0 Å². The van der Waals surface area contributed by atoms with Gasteiger partial charge < -0.3 is 10.6 Å². The van der Waals surface area contributed by atoms with Crippen LogP contribution in [0.3, 0.4) is 0 Å². The first-order valence-electron chi connectivity index (χ1n) is 8.92. The molecule has 0 heterocycles. The number of carbonyl (C=O) groups is 2. The summed E-state index contributed by atoms with van der Waals surface area (Å²) in [5.41, 5.74) is 0.918. The molecule has 0 aromatic heterocycles. The quantitative estimate of drug-likeness (QED) is 0.268. The van der Waals surface area contributed by atoms with Crippen molar-refractivity contribution in [3.8, 4) is 0 Å². The Kier molecular flexibility index (Phi) is 7.17. The lowest BCUT2D eigenvalue weighted by Crippen LogP contribution is -2.30. The first-order valence-corrected chi connectivity index (χ1v) is 10.1. The second-order valence-corrected chi connectivity index (χ2v) is 7.69. The number of anilines is 1. The van der Waals surface area contributed by atoms with Gasteiger partial charge in [-0.1, -0.05) is 45.7 Å². The van der Waals surface area contributed by atoms with E-state index in [0.717, 1.165) is 4.47 Å². The lowest BCUT2D eigenvalue weighted by atomic mass is 10.1. The Labute approximate surface area is 191 Å². The molecular weight excluding hydrogens is 486 g/mol. The molecule has 2 amide bonds. The molecular formula is C22H15BrClN3O4. The average molecular weight is 501 g/mol. The van der Waals surface area contributed by atoms with E-state index in [2.05, 4.69) is 26.6 Å². The van der Waals surface area contributed by atoms with Gasteiger partial charge in [0.25, 0.3) is 17.5 Å². The molecule has 31 heavy (non-hydrogen) atoms. The van der Waals surface area contributed by atoms with Crippen molar-refractivity contribution in [1.82, 2.24) is 5.32 Å². The first kappa shape index (κ1) is 22.2. The van der Waals surface area contributed by atoms with Crippen molar-refractivity contribution < 1.29 is 14.5 Å². The van der Waals surface area contributed by atoms with E-state index in [1.807, 2.05) is 0 Å². The zero-order chi connectivity index (χ0) is 22.4. The highest BCUT2D eigenvalue weighted by molar-refractivity contribution is 9.10. The molecule has 0 aliphatic carbocycles. The highest BCUT2D eigenvalue weighted by Crippen LogP contribution is 2.18. The third-order valence-electron chi connectivity index (χ3n) is 4.07. The third kappa shape index (κ3) is 6.24. The number of halogens is 2. The average Bonchev–Trinajstić information content (AvgIpc) is 2.75. The summed E-state index contributed by atoms with van der Waals surface area (Å²) in [7, 11) is 0. The molecule has 0 saturated heterocycles. The number of carbonyl (C=O) groups excluding carboxylic acids is 2. The number of nitrogens with one attached hydrogen (secondary N) is 2. The Morgan fingerprint density at radius 3 is 2.39 bits per heavy atom. The molecule has 0 unspecified atom stereocenters. The van der Waals surface area contributed by atoms with Crippen LogP contribution in [0, 0.1) is 10.1 Å². The van der Waals surface area contributed by atoms with Gasteiger partial charge in [0.2, 0.25) is 0 Å². The first-order chi connectivity index (χ1) is 14.8. The van der Waals surface area contributed by atoms with Gasteiger partial charge in [0, 0.05) is 32.9 Å². The lowest BCUT2D eigenvalue weighted by molar-refractivity contribution is -0.384. The fourth-order valence-electron chi connectivity index (χ4n) is 2.61. The minimum Gasteiger partial charge on any atom is -0.321 e. The fraction of sp³-hybridized carbons (Fsp3) is 0. The Morgan fingerprint density at radius 2 is 1.71 bits per heavy atom. The fourth-order valence-corrected chi connectivity index (χ4v) is 3.06. The van der Waals surface area contributed by atoms with E-state index in [0.29, 0.717) is 16.3 Å². The molecule has 3 aromatic rings. The van der Waals surface area contributed by atoms with E-state index in [9.17, 15) is 19.7 Å². The molecule has 3 rings (SSSR count). The van der Waals surface area contributed by atoms with E-state index >= 15 is 0 Å². The maximum atomic E-state index is 12.9. The topological polar surface area (TPSA) is 101 Å². The molecule has 0 aliphatic rings. The molecule has 9 heteroatoms. The Bertz CT molecular complexity index is 1180. The van der Waals surface area contributed by atoms with Crippen molar-refractivity contribution in [2.24, 2.45) is 0 Å². The van der Waals surface area contributed by atoms with Gasteiger partial charge >= 0.3 is 0 Å². The van der Waals surface area contributed by atoms with Crippen molar-refractivity contribution in [2.75, 3.05) is 5.32 Å². The van der Waals surface area contributed by atoms with E-state index in [1.54, 1.807) is 48.5 Å². The Balaban J connectivity index is 1.93. The van der Waals surface area contributed by atoms with Crippen LogP contribution in [-0.2, 0) is 4.79 Å². The number of hydrogen-bond acceptors (Lipinski definition) is 4. The number of amides is 2. The van der Waals surface area contributed by atoms with Crippen LogP contribution in [0.25, 0.3) is 6.08 Å². The van der Waals surface area contributed by atoms with Crippen LogP contribution >= 0.6 is 27.5 Å². The van der Waals surface area contributed by atoms with Crippen LogP contribution in [0.2, 0.25) is 5.02 Å². The summed E-state index contributed by atoms with van der Waals surface area (Å²) < 4.78 is 0.840. The standard InChI is InChI=1S/C22H15BrClN3O4/c23-16-7-9-18(10-8-16)25-22(29)20(12-14-3-1-6-19(11-14)27(30)31)26-21(28)15-4-2-5-17(24)13-15/h1-13H,(H,25,29)(H,26,28). The maximum absolute atomic E-state index is 12.9. The second kappa shape index (κ2) is 10.0. The largest absolute Gasteiger partial charge is 0.321 e. The van der Waals surface area contributed by atoms with E-state index in [1.165, 1.54) is 30.3 Å². The van der Waals surface area contributed by atoms with Gasteiger partial charge in [0.1, 0.15) is 5.70 Å². The van der Waals surface area contributed by atoms with E-state index in [-0.39, 0.29) is 16.9 Å². The predicted octanol–water partition coefficient (Wildman–Crippen LogP) is 5.42. The smallest absolute Gasteiger partial charge is 0.272 e. The lowest BCUT2D eigenvalue weighted by Gasteiger charge is -2.12. The summed E-state index contributed by atoms with van der Waals surface area (Å²) in [6.45, 7) is 0. The molecule has 0 fully saturated rings. The molecule has 7 nitrogen and oxygen atoms in total. The van der Waals surface area contributed by atoms with Crippen LogP contribution < -0.4 is 10.6 Å². The number of hydrogen-bond donors (Lipinski definition) is 2. The van der Waals surface area contributed by atoms with Crippen molar-refractivity contribution >= 4 is 56.8 Å². The third-order valence-corrected chi connectivity index (χ3v) is 4.84. The Hall–Kier alpha value is -3.49. The summed E-state index contributed by atoms with van der Waals surface area (Å²) >= 11 is 9.26. The SMILES string of the molecule is O=C(Nc1ccc(Br)cc1)C(=Cc1cccc([N+](=O)[O-])c1)NC(=O)c1cccc(Cl)c1. The van der Waals surface area contributed by atoms with Gasteiger partial charge in [-0.3, -0.25) is 19.7 Å². The molecule has 0 aliphatic heterocycles. The summed E-state index contributed by atoms with van der Waals surface area (Å²) in [5.74, 6) is -1.14. The monoisotopic (exact) mass is 499 g/mol. The zero-order valence-corrected chi connectivity index (χ0v) is 18.2. The highest BCUT2D eigenvalue weighted by atomic mass is 79.9. The van der Waals surface area contributed by atoms with Crippen LogP contribution in [-0.4, -0.2) is 16.7 Å². The predicted molar refractivity (Wildman–Crippen MR) is 123 cm³/mol. The number of nitro groups is 1. The molecule has 0 saturated carbocycles. The van der Waals surface area contributed by atoms with Crippen molar-refractivity contribution in [3.05, 3.63) is 109 Å². The number of nitro benzene ring substituents is 1. The molecule has 0 radical (unpaired) electrons. The molecule has 0 atom stereocenters. The summed E-state index contributed by atoms with van der Waals surface area (Å²) in [6, 6.07) is 18.9. The number of rotatable bonds is 6. The molecule has 3 aromatic carbocycles. The highest BCUT2D eigenvalue weighted by Gasteiger charge is 2.16. The van der Waals surface area contributed by atoms with Gasteiger partial charge in [-0.15, -0.1) is 0 Å². The normalized spacial score (nSPS) is 11.0. The maximum Gasteiger partial charge on any atom is 0.272 e. The van der Waals surface area contributed by atoms with Crippen molar-refractivity contribution in [3.63, 3.8) is 0 Å². The second-order valence-electron chi connectivity index (χ2n) is 6.34. The van der Waals surface area contributed by atoms with Crippen LogP contribution in [0.5, 0.6) is 0 Å². The van der Waals surface area contributed by atoms with Crippen molar-refractivity contribution in [2.45, 2.75) is 0 Å². The zero-order valence-electron chi connectivity index (χ0n) is 15.8. The molecule has 156 valence electrons. The summed E-state index contributed by atoms with van der Waals surface area (Å²) in [5, 5.41) is 16.7. The van der Waals surface area contributed by atoms with Gasteiger partial charge in [-0.25, -0.2) is 0 Å².